The summed E-state index contributed by atoms with van der Waals surface area (Å²) in [6.07, 6.45) is -1.41. The van der Waals surface area contributed by atoms with E-state index in [1.165, 1.54) is 18.7 Å². The molecule has 0 radical (unpaired) electrons. The van der Waals surface area contributed by atoms with Crippen molar-refractivity contribution in [2.75, 3.05) is 5.32 Å². The molecule has 2 atom stereocenters. The number of fused-ring (bicyclic) bond motifs is 1. The van der Waals surface area contributed by atoms with E-state index in [9.17, 15) is 23.2 Å². The van der Waals surface area contributed by atoms with Crippen molar-refractivity contribution in [2.24, 2.45) is 0 Å². The number of ether oxygens (including phenoxy) is 1. The van der Waals surface area contributed by atoms with Crippen molar-refractivity contribution < 1.29 is 27.9 Å². The van der Waals surface area contributed by atoms with E-state index in [4.69, 9.17) is 4.74 Å². The number of ketones is 1. The van der Waals surface area contributed by atoms with Crippen LogP contribution >= 0.6 is 11.8 Å². The number of benzene rings is 2. The van der Waals surface area contributed by atoms with Gasteiger partial charge in [0.05, 0.1) is 17.4 Å². The molecule has 0 saturated heterocycles. The first-order chi connectivity index (χ1) is 12.8. The first kappa shape index (κ1) is 19.0. The number of halogens is 2. The Morgan fingerprint density at radius 3 is 2.67 bits per heavy atom. The molecule has 0 bridgehead atoms. The van der Waals surface area contributed by atoms with Gasteiger partial charge in [-0.05, 0) is 37.3 Å². The van der Waals surface area contributed by atoms with Crippen molar-refractivity contribution in [3.05, 3.63) is 59.7 Å². The largest absolute Gasteiger partial charge is 0.454 e. The van der Waals surface area contributed by atoms with Crippen molar-refractivity contribution in [3.63, 3.8) is 0 Å². The lowest BCUT2D eigenvalue weighted by atomic mass is 10.1. The van der Waals surface area contributed by atoms with Gasteiger partial charge in [0.15, 0.2) is 17.7 Å². The van der Waals surface area contributed by atoms with Crippen molar-refractivity contribution in [1.29, 1.82) is 0 Å². The Labute approximate surface area is 158 Å². The SMILES string of the molecule is C[C@H](OC(=O)C[C@H]1Sc2ccccc2NC1=O)C(=O)c1ccc(F)c(F)c1. The Bertz CT molecular complexity index is 918. The van der Waals surface area contributed by atoms with Crippen molar-refractivity contribution in [1.82, 2.24) is 0 Å². The maximum atomic E-state index is 13.3. The van der Waals surface area contributed by atoms with Gasteiger partial charge >= 0.3 is 5.97 Å². The summed E-state index contributed by atoms with van der Waals surface area (Å²) in [6.45, 7) is 1.34. The van der Waals surface area contributed by atoms with Crippen LogP contribution in [0, 0.1) is 11.6 Å². The average Bonchev–Trinajstić information content (AvgIpc) is 2.64. The van der Waals surface area contributed by atoms with Crippen LogP contribution in [-0.2, 0) is 14.3 Å². The number of thioether (sulfide) groups is 1. The van der Waals surface area contributed by atoms with Gasteiger partial charge in [-0.1, -0.05) is 12.1 Å². The second-order valence-electron chi connectivity index (χ2n) is 5.92. The van der Waals surface area contributed by atoms with Gasteiger partial charge < -0.3 is 10.1 Å². The van der Waals surface area contributed by atoms with E-state index < -0.39 is 34.7 Å². The lowest BCUT2D eigenvalue weighted by Crippen LogP contribution is -2.33. The summed E-state index contributed by atoms with van der Waals surface area (Å²) in [7, 11) is 0. The van der Waals surface area contributed by atoms with Gasteiger partial charge in [0.2, 0.25) is 11.7 Å². The minimum absolute atomic E-state index is 0.104. The Hall–Kier alpha value is -2.74. The van der Waals surface area contributed by atoms with Gasteiger partial charge in [-0.2, -0.15) is 0 Å². The summed E-state index contributed by atoms with van der Waals surface area (Å²) >= 11 is 1.24. The van der Waals surface area contributed by atoms with Crippen LogP contribution in [0.2, 0.25) is 0 Å². The standard InChI is InChI=1S/C19H15F2NO4S/c1-10(18(24)11-6-7-12(20)13(21)8-11)26-17(23)9-16-19(25)22-14-4-2-3-5-15(14)27-16/h2-8,10,16H,9H2,1H3,(H,22,25)/t10-,16+/m0/s1. The highest BCUT2D eigenvalue weighted by Crippen LogP contribution is 2.36. The van der Waals surface area contributed by atoms with E-state index >= 15 is 0 Å². The molecule has 1 aliphatic heterocycles. The van der Waals surface area contributed by atoms with Gasteiger partial charge in [-0.25, -0.2) is 8.78 Å². The molecule has 27 heavy (non-hydrogen) atoms. The van der Waals surface area contributed by atoms with E-state index in [1.807, 2.05) is 12.1 Å². The molecule has 1 heterocycles. The van der Waals surface area contributed by atoms with Gasteiger partial charge in [0, 0.05) is 10.5 Å². The molecule has 0 unspecified atom stereocenters. The van der Waals surface area contributed by atoms with Crippen LogP contribution in [0.5, 0.6) is 0 Å². The monoisotopic (exact) mass is 391 g/mol. The molecule has 0 aromatic heterocycles. The molecular formula is C19H15F2NO4S. The number of carbonyl (C=O) groups excluding carboxylic acids is 3. The molecule has 3 rings (SSSR count). The summed E-state index contributed by atoms with van der Waals surface area (Å²) in [6, 6.07) is 9.90. The first-order valence-corrected chi connectivity index (χ1v) is 8.98. The first-order valence-electron chi connectivity index (χ1n) is 8.10. The molecule has 0 fully saturated rings. The maximum Gasteiger partial charge on any atom is 0.308 e. The van der Waals surface area contributed by atoms with Crippen LogP contribution in [-0.4, -0.2) is 29.0 Å². The van der Waals surface area contributed by atoms with Crippen LogP contribution < -0.4 is 5.32 Å². The van der Waals surface area contributed by atoms with Crippen LogP contribution in [0.1, 0.15) is 23.7 Å². The molecule has 1 aliphatic rings. The van der Waals surface area contributed by atoms with E-state index in [0.717, 1.165) is 23.1 Å². The fourth-order valence-electron chi connectivity index (χ4n) is 2.56. The minimum atomic E-state index is -1.19. The maximum absolute atomic E-state index is 13.3. The van der Waals surface area contributed by atoms with E-state index in [1.54, 1.807) is 12.1 Å². The number of anilines is 1. The summed E-state index contributed by atoms with van der Waals surface area (Å²) < 4.78 is 31.3. The molecule has 1 amide bonds. The zero-order valence-corrected chi connectivity index (χ0v) is 15.0. The van der Waals surface area contributed by atoms with E-state index in [2.05, 4.69) is 5.32 Å². The Morgan fingerprint density at radius 1 is 1.19 bits per heavy atom. The van der Waals surface area contributed by atoms with Crippen LogP contribution in [0.4, 0.5) is 14.5 Å². The number of esters is 1. The summed E-state index contributed by atoms with van der Waals surface area (Å²) in [5.74, 6) is -3.95. The van der Waals surface area contributed by atoms with Crippen molar-refractivity contribution in [2.45, 2.75) is 29.6 Å². The van der Waals surface area contributed by atoms with Crippen LogP contribution in [0.15, 0.2) is 47.4 Å². The Morgan fingerprint density at radius 2 is 1.93 bits per heavy atom. The average molecular weight is 391 g/mol. The highest BCUT2D eigenvalue weighted by molar-refractivity contribution is 8.01. The summed E-state index contributed by atoms with van der Waals surface area (Å²) in [5.41, 5.74) is 0.576. The van der Waals surface area contributed by atoms with Gasteiger partial charge in [0.1, 0.15) is 0 Å². The molecule has 140 valence electrons. The molecule has 1 N–H and O–H groups in total. The molecule has 0 saturated carbocycles. The third kappa shape index (κ3) is 4.33. The number of para-hydroxylation sites is 1. The number of rotatable bonds is 5. The predicted octanol–water partition coefficient (Wildman–Crippen LogP) is 3.58. The van der Waals surface area contributed by atoms with Gasteiger partial charge in [-0.15, -0.1) is 11.8 Å². The van der Waals surface area contributed by atoms with Gasteiger partial charge in [0.25, 0.3) is 0 Å². The fourth-order valence-corrected chi connectivity index (χ4v) is 3.66. The second kappa shape index (κ2) is 7.87. The van der Waals surface area contributed by atoms with Gasteiger partial charge in [-0.3, -0.25) is 14.4 Å². The molecule has 0 spiro atoms. The zero-order valence-electron chi connectivity index (χ0n) is 14.2. The molecule has 0 aliphatic carbocycles. The molecular weight excluding hydrogens is 376 g/mol. The highest BCUT2D eigenvalue weighted by Gasteiger charge is 2.30. The number of Topliss-reactive ketones (excluding diaryl/α,β-unsaturated/α-hetero) is 1. The molecule has 5 nitrogen and oxygen atoms in total. The number of carbonyl (C=O) groups is 3. The lowest BCUT2D eigenvalue weighted by molar-refractivity contribution is -0.147. The fraction of sp³-hybridized carbons (Fsp3) is 0.211. The van der Waals surface area contributed by atoms with Crippen molar-refractivity contribution in [3.8, 4) is 0 Å². The summed E-state index contributed by atoms with van der Waals surface area (Å²) in [4.78, 5) is 37.3. The number of hydrogen-bond acceptors (Lipinski definition) is 5. The third-order valence-corrected chi connectivity index (χ3v) is 5.22. The number of hydrogen-bond donors (Lipinski definition) is 1. The topological polar surface area (TPSA) is 72.5 Å². The quantitative estimate of drug-likeness (QED) is 0.623. The zero-order chi connectivity index (χ0) is 19.6. The smallest absolute Gasteiger partial charge is 0.308 e. The second-order valence-corrected chi connectivity index (χ2v) is 7.17. The Balaban J connectivity index is 1.61. The predicted molar refractivity (Wildman–Crippen MR) is 95.6 cm³/mol. The Kier molecular flexibility index (Phi) is 5.55. The van der Waals surface area contributed by atoms with Crippen LogP contribution in [0.3, 0.4) is 0 Å². The van der Waals surface area contributed by atoms with Crippen molar-refractivity contribution >= 4 is 35.1 Å². The number of nitrogens with one attached hydrogen (secondary N) is 1. The number of amides is 1. The molecule has 8 heteroatoms. The van der Waals surface area contributed by atoms with Crippen LogP contribution in [0.25, 0.3) is 0 Å². The molecule has 2 aromatic carbocycles. The summed E-state index contributed by atoms with van der Waals surface area (Å²) in [5, 5.41) is 2.03. The molecule has 2 aromatic rings. The normalized spacial score (nSPS) is 16.9. The van der Waals surface area contributed by atoms with E-state index in [-0.39, 0.29) is 17.9 Å². The lowest BCUT2D eigenvalue weighted by Gasteiger charge is -2.23. The highest BCUT2D eigenvalue weighted by atomic mass is 32.2. The third-order valence-electron chi connectivity index (χ3n) is 3.94. The minimum Gasteiger partial charge on any atom is -0.454 e. The van der Waals surface area contributed by atoms with E-state index in [0.29, 0.717) is 5.69 Å².